The fourth-order valence-corrected chi connectivity index (χ4v) is 6.81. The molecule has 2 atom stereocenters. The minimum atomic E-state index is -3.17. The van der Waals surface area contributed by atoms with Gasteiger partial charge in [-0.2, -0.15) is 0 Å². The Kier molecular flexibility index (Phi) is 5.26. The average molecular weight is 490 g/mol. The normalized spacial score (nSPS) is 23.4. The van der Waals surface area contributed by atoms with Gasteiger partial charge in [0.2, 0.25) is 0 Å². The van der Waals surface area contributed by atoms with Crippen LogP contribution in [-0.4, -0.2) is 37.2 Å². The second-order valence-corrected chi connectivity index (χ2v) is 11.0. The predicted molar refractivity (Wildman–Crippen MR) is 113 cm³/mol. The molecule has 2 heterocycles. The SMILES string of the molecule is O=S1(=O)CC2N=C(SCc3cccc(Cl)c3)N(c3ccc(Br)cc3F)C2C1. The summed E-state index contributed by atoms with van der Waals surface area (Å²) in [4.78, 5) is 6.36. The predicted octanol–water partition coefficient (Wildman–Crippen LogP) is 4.52. The van der Waals surface area contributed by atoms with E-state index in [1.807, 2.05) is 24.3 Å². The molecule has 142 valence electrons. The molecule has 4 rings (SSSR count). The van der Waals surface area contributed by atoms with Crippen molar-refractivity contribution in [2.45, 2.75) is 17.8 Å². The van der Waals surface area contributed by atoms with Gasteiger partial charge in [-0.15, -0.1) is 0 Å². The van der Waals surface area contributed by atoms with E-state index < -0.39 is 15.7 Å². The molecule has 9 heteroatoms. The largest absolute Gasteiger partial charge is 0.312 e. The molecule has 0 N–H and O–H groups in total. The maximum absolute atomic E-state index is 14.6. The van der Waals surface area contributed by atoms with E-state index in [-0.39, 0.29) is 23.6 Å². The van der Waals surface area contributed by atoms with Crippen LogP contribution in [0.1, 0.15) is 5.56 Å². The molecule has 0 aromatic heterocycles. The maximum Gasteiger partial charge on any atom is 0.164 e. The lowest BCUT2D eigenvalue weighted by Gasteiger charge is -2.27. The number of thioether (sulfide) groups is 1. The van der Waals surface area contributed by atoms with Gasteiger partial charge in [0.25, 0.3) is 0 Å². The number of halogens is 3. The first-order chi connectivity index (χ1) is 12.8. The Morgan fingerprint density at radius 3 is 2.81 bits per heavy atom. The van der Waals surface area contributed by atoms with Crippen molar-refractivity contribution < 1.29 is 12.8 Å². The van der Waals surface area contributed by atoms with E-state index in [4.69, 9.17) is 11.6 Å². The molecule has 2 unspecified atom stereocenters. The van der Waals surface area contributed by atoms with Crippen LogP contribution in [0.5, 0.6) is 0 Å². The van der Waals surface area contributed by atoms with Crippen LogP contribution < -0.4 is 4.90 Å². The third kappa shape index (κ3) is 4.04. The summed E-state index contributed by atoms with van der Waals surface area (Å²) in [6.45, 7) is 0. The Labute approximate surface area is 174 Å². The Balaban J connectivity index is 1.65. The van der Waals surface area contributed by atoms with Crippen molar-refractivity contribution in [3.8, 4) is 0 Å². The summed E-state index contributed by atoms with van der Waals surface area (Å²) in [5, 5.41) is 1.29. The molecule has 2 aliphatic rings. The van der Waals surface area contributed by atoms with Gasteiger partial charge in [-0.1, -0.05) is 51.4 Å². The Bertz CT molecular complexity index is 1030. The van der Waals surface area contributed by atoms with Gasteiger partial charge >= 0.3 is 0 Å². The van der Waals surface area contributed by atoms with E-state index >= 15 is 0 Å². The summed E-state index contributed by atoms with van der Waals surface area (Å²) in [7, 11) is -3.17. The summed E-state index contributed by atoms with van der Waals surface area (Å²) in [6.07, 6.45) is 0. The number of sulfone groups is 1. The van der Waals surface area contributed by atoms with Crippen LogP contribution >= 0.6 is 39.3 Å². The Morgan fingerprint density at radius 1 is 1.26 bits per heavy atom. The number of fused-ring (bicyclic) bond motifs is 1. The minimum Gasteiger partial charge on any atom is -0.312 e. The van der Waals surface area contributed by atoms with Crippen LogP contribution in [0.2, 0.25) is 5.02 Å². The molecule has 2 aromatic carbocycles. The number of rotatable bonds is 3. The summed E-state index contributed by atoms with van der Waals surface area (Å²) >= 11 is 10.8. The molecular weight excluding hydrogens is 475 g/mol. The van der Waals surface area contributed by atoms with Crippen LogP contribution in [0.4, 0.5) is 10.1 Å². The van der Waals surface area contributed by atoms with Gasteiger partial charge in [0.05, 0.1) is 29.3 Å². The highest BCUT2D eigenvalue weighted by Gasteiger charge is 2.47. The average Bonchev–Trinajstić information content (AvgIpc) is 3.05. The zero-order valence-electron chi connectivity index (χ0n) is 14.0. The second kappa shape index (κ2) is 7.39. The number of hydrogen-bond acceptors (Lipinski definition) is 5. The fraction of sp³-hybridized carbons (Fsp3) is 0.278. The van der Waals surface area contributed by atoms with Gasteiger partial charge < -0.3 is 4.90 Å². The second-order valence-electron chi connectivity index (χ2n) is 6.51. The van der Waals surface area contributed by atoms with Crippen molar-refractivity contribution in [2.75, 3.05) is 16.4 Å². The van der Waals surface area contributed by atoms with E-state index in [0.29, 0.717) is 26.1 Å². The Morgan fingerprint density at radius 2 is 2.07 bits per heavy atom. The molecule has 0 saturated carbocycles. The number of hydrogen-bond donors (Lipinski definition) is 0. The smallest absolute Gasteiger partial charge is 0.164 e. The summed E-state index contributed by atoms with van der Waals surface area (Å²) in [6, 6.07) is 11.6. The topological polar surface area (TPSA) is 49.7 Å². The fourth-order valence-electron chi connectivity index (χ4n) is 3.37. The minimum absolute atomic E-state index is 0.00748. The van der Waals surface area contributed by atoms with Crippen molar-refractivity contribution in [1.29, 1.82) is 0 Å². The van der Waals surface area contributed by atoms with Crippen molar-refractivity contribution >= 4 is 60.0 Å². The molecule has 0 aliphatic carbocycles. The molecule has 4 nitrogen and oxygen atoms in total. The van der Waals surface area contributed by atoms with E-state index in [1.165, 1.54) is 17.8 Å². The molecule has 2 aliphatic heterocycles. The number of aliphatic imine (C=N–C) groups is 1. The first-order valence-electron chi connectivity index (χ1n) is 8.22. The molecular formula is C18H15BrClFN2O2S2. The molecule has 0 bridgehead atoms. The molecule has 2 aromatic rings. The van der Waals surface area contributed by atoms with Crippen LogP contribution in [0.25, 0.3) is 0 Å². The summed E-state index contributed by atoms with van der Waals surface area (Å²) in [5.41, 5.74) is 1.37. The third-order valence-electron chi connectivity index (χ3n) is 4.53. The van der Waals surface area contributed by atoms with Gasteiger partial charge in [-0.3, -0.25) is 4.99 Å². The van der Waals surface area contributed by atoms with Crippen LogP contribution in [-0.2, 0) is 15.6 Å². The zero-order valence-corrected chi connectivity index (χ0v) is 18.0. The monoisotopic (exact) mass is 488 g/mol. The van der Waals surface area contributed by atoms with Gasteiger partial charge in [0.1, 0.15) is 5.82 Å². The standard InChI is InChI=1S/C18H15BrClFN2O2S2/c19-12-4-5-16(14(21)7-12)23-17-10-27(24,25)9-15(17)22-18(23)26-8-11-2-1-3-13(20)6-11/h1-7,15,17H,8-10H2. The molecule has 1 fully saturated rings. The Hall–Kier alpha value is -1.09. The van der Waals surface area contributed by atoms with Crippen molar-refractivity contribution in [3.05, 3.63) is 63.3 Å². The first kappa shape index (κ1) is 19.2. The molecule has 0 radical (unpaired) electrons. The number of nitrogens with zero attached hydrogens (tertiary/aromatic N) is 2. The quantitative estimate of drug-likeness (QED) is 0.636. The number of amidine groups is 1. The summed E-state index contributed by atoms with van der Waals surface area (Å²) < 4.78 is 39.4. The highest BCUT2D eigenvalue weighted by atomic mass is 79.9. The first-order valence-corrected chi connectivity index (χ1v) is 12.2. The van der Waals surface area contributed by atoms with Crippen LogP contribution in [0, 0.1) is 5.82 Å². The van der Waals surface area contributed by atoms with E-state index in [0.717, 1.165) is 5.56 Å². The summed E-state index contributed by atoms with van der Waals surface area (Å²) in [5.74, 6) is 0.191. The lowest BCUT2D eigenvalue weighted by molar-refractivity contribution is 0.600. The zero-order chi connectivity index (χ0) is 19.2. The van der Waals surface area contributed by atoms with Gasteiger partial charge in [0, 0.05) is 15.2 Å². The van der Waals surface area contributed by atoms with E-state index in [2.05, 4.69) is 20.9 Å². The van der Waals surface area contributed by atoms with Gasteiger partial charge in [-0.05, 0) is 35.9 Å². The van der Waals surface area contributed by atoms with Crippen LogP contribution in [0.3, 0.4) is 0 Å². The van der Waals surface area contributed by atoms with Crippen molar-refractivity contribution in [3.63, 3.8) is 0 Å². The highest BCUT2D eigenvalue weighted by molar-refractivity contribution is 9.10. The maximum atomic E-state index is 14.6. The van der Waals surface area contributed by atoms with E-state index in [1.54, 1.807) is 17.0 Å². The van der Waals surface area contributed by atoms with Crippen LogP contribution in [0.15, 0.2) is 51.9 Å². The third-order valence-corrected chi connectivity index (χ3v) is 8.00. The molecule has 0 amide bonds. The van der Waals surface area contributed by atoms with Gasteiger partial charge in [0.15, 0.2) is 15.0 Å². The highest BCUT2D eigenvalue weighted by Crippen LogP contribution is 2.37. The lowest BCUT2D eigenvalue weighted by Crippen LogP contribution is -2.39. The molecule has 1 saturated heterocycles. The van der Waals surface area contributed by atoms with Gasteiger partial charge in [-0.25, -0.2) is 12.8 Å². The molecule has 27 heavy (non-hydrogen) atoms. The number of benzene rings is 2. The van der Waals surface area contributed by atoms with Crippen molar-refractivity contribution in [2.24, 2.45) is 4.99 Å². The number of anilines is 1. The molecule has 0 spiro atoms. The lowest BCUT2D eigenvalue weighted by atomic mass is 10.1. The van der Waals surface area contributed by atoms with E-state index in [9.17, 15) is 12.8 Å². The van der Waals surface area contributed by atoms with Crippen molar-refractivity contribution in [1.82, 2.24) is 0 Å².